The van der Waals surface area contributed by atoms with Gasteiger partial charge >= 0.3 is 0 Å². The summed E-state index contributed by atoms with van der Waals surface area (Å²) >= 11 is 0. The Hall–Kier alpha value is -0.860. The van der Waals surface area contributed by atoms with E-state index >= 15 is 0 Å². The van der Waals surface area contributed by atoms with Crippen molar-refractivity contribution in [3.63, 3.8) is 0 Å². The molecule has 2 nitrogen and oxygen atoms in total. The van der Waals surface area contributed by atoms with Crippen LogP contribution in [-0.2, 0) is 11.3 Å². The number of nitrogens with one attached hydrogen (secondary N) is 1. The van der Waals surface area contributed by atoms with Crippen LogP contribution in [0.4, 0.5) is 0 Å². The lowest BCUT2D eigenvalue weighted by Gasteiger charge is -2.22. The summed E-state index contributed by atoms with van der Waals surface area (Å²) in [5, 5.41) is 3.63. The van der Waals surface area contributed by atoms with Crippen molar-refractivity contribution in [3.05, 3.63) is 35.4 Å². The van der Waals surface area contributed by atoms with Crippen LogP contribution in [0.15, 0.2) is 24.3 Å². The van der Waals surface area contributed by atoms with Gasteiger partial charge in [0.2, 0.25) is 0 Å². The third-order valence-corrected chi connectivity index (χ3v) is 3.78. The molecule has 0 saturated heterocycles. The number of ether oxygens (including phenoxy) is 1. The number of methoxy groups -OCH3 is 1. The number of hydrogen-bond acceptors (Lipinski definition) is 2. The molecule has 1 N–H and O–H groups in total. The minimum Gasteiger partial charge on any atom is -0.383 e. The number of rotatable bonds is 7. The molecule has 2 heteroatoms. The van der Waals surface area contributed by atoms with E-state index < -0.39 is 0 Å². The van der Waals surface area contributed by atoms with Gasteiger partial charge in [0.05, 0.1) is 6.61 Å². The average Bonchev–Trinajstić information content (AvgIpc) is 3.18. The van der Waals surface area contributed by atoms with Gasteiger partial charge in [0, 0.05) is 19.7 Å². The van der Waals surface area contributed by atoms with Crippen LogP contribution in [-0.4, -0.2) is 19.8 Å². The molecule has 0 radical (unpaired) electrons. The Balaban J connectivity index is 1.96. The van der Waals surface area contributed by atoms with Crippen molar-refractivity contribution in [2.45, 2.75) is 45.2 Å². The normalized spacial score (nSPS) is 17.1. The van der Waals surface area contributed by atoms with Gasteiger partial charge in [-0.2, -0.15) is 0 Å². The highest BCUT2D eigenvalue weighted by Crippen LogP contribution is 2.41. The zero-order chi connectivity index (χ0) is 13.0. The van der Waals surface area contributed by atoms with E-state index in [0.29, 0.717) is 12.0 Å². The summed E-state index contributed by atoms with van der Waals surface area (Å²) in [6.07, 6.45) is 2.73. The lowest BCUT2D eigenvalue weighted by Crippen LogP contribution is -2.37. The first-order chi connectivity index (χ1) is 8.72. The van der Waals surface area contributed by atoms with Crippen molar-refractivity contribution in [2.24, 2.45) is 5.92 Å². The molecule has 1 atom stereocenters. The van der Waals surface area contributed by atoms with E-state index in [1.54, 1.807) is 12.7 Å². The average molecular weight is 247 g/mol. The molecule has 0 aromatic heterocycles. The summed E-state index contributed by atoms with van der Waals surface area (Å²) in [6.45, 7) is 6.22. The molecule has 1 aromatic carbocycles. The maximum absolute atomic E-state index is 5.28. The molecule has 0 aliphatic heterocycles. The fourth-order valence-corrected chi connectivity index (χ4v) is 2.40. The van der Waals surface area contributed by atoms with Gasteiger partial charge in [-0.05, 0) is 35.8 Å². The van der Waals surface area contributed by atoms with Crippen molar-refractivity contribution in [3.8, 4) is 0 Å². The van der Waals surface area contributed by atoms with Gasteiger partial charge in [-0.15, -0.1) is 0 Å². The van der Waals surface area contributed by atoms with Crippen LogP contribution in [0.2, 0.25) is 0 Å². The smallest absolute Gasteiger partial charge is 0.0618 e. The molecule has 0 amide bonds. The third-order valence-electron chi connectivity index (χ3n) is 3.78. The highest BCUT2D eigenvalue weighted by Gasteiger charge is 2.25. The van der Waals surface area contributed by atoms with Gasteiger partial charge < -0.3 is 10.1 Å². The first-order valence-electron chi connectivity index (χ1n) is 7.02. The Kier molecular flexibility index (Phi) is 4.79. The summed E-state index contributed by atoms with van der Waals surface area (Å²) in [5.74, 6) is 1.42. The molecule has 100 valence electrons. The number of hydrogen-bond donors (Lipinski definition) is 1. The predicted molar refractivity (Wildman–Crippen MR) is 75.8 cm³/mol. The third kappa shape index (κ3) is 3.56. The van der Waals surface area contributed by atoms with E-state index in [4.69, 9.17) is 4.74 Å². The van der Waals surface area contributed by atoms with Gasteiger partial charge in [-0.1, -0.05) is 38.1 Å². The molecule has 0 spiro atoms. The second kappa shape index (κ2) is 6.35. The highest BCUT2D eigenvalue weighted by molar-refractivity contribution is 5.33. The van der Waals surface area contributed by atoms with Gasteiger partial charge in [0.15, 0.2) is 0 Å². The van der Waals surface area contributed by atoms with E-state index in [1.807, 2.05) is 0 Å². The van der Waals surface area contributed by atoms with Gasteiger partial charge in [0.25, 0.3) is 0 Å². The second-order valence-electron chi connectivity index (χ2n) is 5.66. The zero-order valence-electron chi connectivity index (χ0n) is 11.8. The second-order valence-corrected chi connectivity index (χ2v) is 5.66. The molecule has 1 aliphatic rings. The standard InChI is InChI=1S/C16H25NO/c1-12(2)16(11-18-3)17-10-14-6-4-5-7-15(14)13-8-9-13/h4-7,12-13,16-17H,8-11H2,1-3H3. The SMILES string of the molecule is COCC(NCc1ccccc1C1CC1)C(C)C. The van der Waals surface area contributed by atoms with Crippen LogP contribution >= 0.6 is 0 Å². The molecule has 1 aromatic rings. The van der Waals surface area contributed by atoms with E-state index in [2.05, 4.69) is 43.4 Å². The van der Waals surface area contributed by atoms with E-state index in [9.17, 15) is 0 Å². The van der Waals surface area contributed by atoms with Crippen molar-refractivity contribution < 1.29 is 4.74 Å². The van der Waals surface area contributed by atoms with Crippen molar-refractivity contribution in [1.29, 1.82) is 0 Å². The molecule has 18 heavy (non-hydrogen) atoms. The Labute approximate surface area is 111 Å². The van der Waals surface area contributed by atoms with Crippen molar-refractivity contribution in [2.75, 3.05) is 13.7 Å². The topological polar surface area (TPSA) is 21.3 Å². The lowest BCUT2D eigenvalue weighted by molar-refractivity contribution is 0.146. The molecule has 1 saturated carbocycles. The Morgan fingerprint density at radius 2 is 2.00 bits per heavy atom. The fourth-order valence-electron chi connectivity index (χ4n) is 2.40. The number of benzene rings is 1. The molecular weight excluding hydrogens is 222 g/mol. The molecule has 1 fully saturated rings. The van der Waals surface area contributed by atoms with E-state index in [-0.39, 0.29) is 0 Å². The van der Waals surface area contributed by atoms with Crippen LogP contribution in [0.5, 0.6) is 0 Å². The van der Waals surface area contributed by atoms with Crippen LogP contribution < -0.4 is 5.32 Å². The predicted octanol–water partition coefficient (Wildman–Crippen LogP) is 3.32. The Bertz CT molecular complexity index is 371. The molecule has 0 bridgehead atoms. The van der Waals surface area contributed by atoms with Gasteiger partial charge in [-0.3, -0.25) is 0 Å². The molecule has 2 rings (SSSR count). The van der Waals surface area contributed by atoms with Crippen molar-refractivity contribution in [1.82, 2.24) is 5.32 Å². The molecule has 1 aliphatic carbocycles. The highest BCUT2D eigenvalue weighted by atomic mass is 16.5. The van der Waals surface area contributed by atoms with Crippen LogP contribution in [0.25, 0.3) is 0 Å². The lowest BCUT2D eigenvalue weighted by atomic mass is 10.0. The molecule has 0 heterocycles. The van der Waals surface area contributed by atoms with Gasteiger partial charge in [0.1, 0.15) is 0 Å². The van der Waals surface area contributed by atoms with E-state index in [0.717, 1.165) is 19.1 Å². The van der Waals surface area contributed by atoms with Crippen LogP contribution in [0, 0.1) is 5.92 Å². The largest absolute Gasteiger partial charge is 0.383 e. The maximum Gasteiger partial charge on any atom is 0.0618 e. The Morgan fingerprint density at radius 1 is 1.28 bits per heavy atom. The Morgan fingerprint density at radius 3 is 2.61 bits per heavy atom. The van der Waals surface area contributed by atoms with Crippen LogP contribution in [0.3, 0.4) is 0 Å². The minimum absolute atomic E-state index is 0.433. The van der Waals surface area contributed by atoms with Crippen molar-refractivity contribution >= 4 is 0 Å². The summed E-state index contributed by atoms with van der Waals surface area (Å²) in [7, 11) is 1.77. The maximum atomic E-state index is 5.28. The summed E-state index contributed by atoms with van der Waals surface area (Å²) in [5.41, 5.74) is 3.01. The summed E-state index contributed by atoms with van der Waals surface area (Å²) in [6, 6.07) is 9.28. The fraction of sp³-hybridized carbons (Fsp3) is 0.625. The molecular formula is C16H25NO. The van der Waals surface area contributed by atoms with Gasteiger partial charge in [-0.25, -0.2) is 0 Å². The zero-order valence-corrected chi connectivity index (χ0v) is 11.8. The minimum atomic E-state index is 0.433. The quantitative estimate of drug-likeness (QED) is 0.798. The summed E-state index contributed by atoms with van der Waals surface area (Å²) < 4.78 is 5.28. The summed E-state index contributed by atoms with van der Waals surface area (Å²) in [4.78, 5) is 0. The van der Waals surface area contributed by atoms with Crippen LogP contribution in [0.1, 0.15) is 43.7 Å². The first kappa shape index (κ1) is 13.6. The first-order valence-corrected chi connectivity index (χ1v) is 7.02. The monoisotopic (exact) mass is 247 g/mol. The van der Waals surface area contributed by atoms with E-state index in [1.165, 1.54) is 18.4 Å². The molecule has 1 unspecified atom stereocenters.